The van der Waals surface area contributed by atoms with Crippen LogP contribution in [-0.2, 0) is 21.5 Å². The molecular formula is C21H27N3O2. The third-order valence-corrected chi connectivity index (χ3v) is 4.29. The fourth-order valence-electron chi connectivity index (χ4n) is 2.53. The molecule has 0 unspecified atom stereocenters. The summed E-state index contributed by atoms with van der Waals surface area (Å²) in [7, 11) is 0. The Bertz CT molecular complexity index is 777. The molecule has 1 aromatic heterocycles. The Morgan fingerprint density at radius 1 is 0.962 bits per heavy atom. The van der Waals surface area contributed by atoms with Crippen molar-refractivity contribution in [1.82, 2.24) is 10.3 Å². The first-order valence-corrected chi connectivity index (χ1v) is 8.70. The molecule has 0 aliphatic rings. The van der Waals surface area contributed by atoms with Crippen LogP contribution in [0.25, 0.3) is 0 Å². The highest BCUT2D eigenvalue weighted by Crippen LogP contribution is 2.30. The predicted octanol–water partition coefficient (Wildman–Crippen LogP) is 3.66. The summed E-state index contributed by atoms with van der Waals surface area (Å²) >= 11 is 0. The molecule has 0 fully saturated rings. The molecule has 0 saturated carbocycles. The SMILES string of the molecule is CC(C)(C(=O)NCc1cccnc1)C(=O)Nc1ccccc1C(C)(C)C. The average molecular weight is 353 g/mol. The van der Waals surface area contributed by atoms with Gasteiger partial charge in [0.25, 0.3) is 0 Å². The maximum absolute atomic E-state index is 12.8. The van der Waals surface area contributed by atoms with E-state index in [1.54, 1.807) is 26.2 Å². The van der Waals surface area contributed by atoms with Gasteiger partial charge < -0.3 is 10.6 Å². The quantitative estimate of drug-likeness (QED) is 0.806. The molecule has 138 valence electrons. The lowest BCUT2D eigenvalue weighted by Crippen LogP contribution is -2.45. The van der Waals surface area contributed by atoms with Gasteiger partial charge in [-0.3, -0.25) is 14.6 Å². The molecule has 0 aliphatic heterocycles. The molecule has 26 heavy (non-hydrogen) atoms. The molecule has 1 aromatic carbocycles. The smallest absolute Gasteiger partial charge is 0.239 e. The summed E-state index contributed by atoms with van der Waals surface area (Å²) in [6, 6.07) is 11.4. The first kappa shape index (κ1) is 19.6. The fraction of sp³-hybridized carbons (Fsp3) is 0.381. The highest BCUT2D eigenvalue weighted by molar-refractivity contribution is 6.10. The van der Waals surface area contributed by atoms with Gasteiger partial charge in [0.05, 0.1) is 0 Å². The summed E-state index contributed by atoms with van der Waals surface area (Å²) < 4.78 is 0. The van der Waals surface area contributed by atoms with Crippen LogP contribution in [0.5, 0.6) is 0 Å². The Hall–Kier alpha value is -2.69. The topological polar surface area (TPSA) is 71.1 Å². The Morgan fingerprint density at radius 2 is 1.65 bits per heavy atom. The number of pyridine rings is 1. The van der Waals surface area contributed by atoms with Crippen LogP contribution in [0.4, 0.5) is 5.69 Å². The molecule has 2 N–H and O–H groups in total. The number of hydrogen-bond acceptors (Lipinski definition) is 3. The molecule has 5 nitrogen and oxygen atoms in total. The van der Waals surface area contributed by atoms with E-state index in [-0.39, 0.29) is 17.2 Å². The van der Waals surface area contributed by atoms with E-state index in [1.165, 1.54) is 0 Å². The van der Waals surface area contributed by atoms with Gasteiger partial charge in [-0.15, -0.1) is 0 Å². The van der Waals surface area contributed by atoms with E-state index in [4.69, 9.17) is 0 Å². The number of nitrogens with one attached hydrogen (secondary N) is 2. The van der Waals surface area contributed by atoms with Gasteiger partial charge in [0.1, 0.15) is 5.41 Å². The van der Waals surface area contributed by atoms with Crippen molar-refractivity contribution in [2.75, 3.05) is 5.32 Å². The lowest BCUT2D eigenvalue weighted by Gasteiger charge is -2.26. The number of rotatable bonds is 5. The number of nitrogens with zero attached hydrogens (tertiary/aromatic N) is 1. The third-order valence-electron chi connectivity index (χ3n) is 4.29. The van der Waals surface area contributed by atoms with Gasteiger partial charge in [-0.2, -0.15) is 0 Å². The summed E-state index contributed by atoms with van der Waals surface area (Å²) in [6.07, 6.45) is 3.36. The number of amides is 2. The monoisotopic (exact) mass is 353 g/mol. The number of carbonyl (C=O) groups is 2. The Balaban J connectivity index is 2.09. The van der Waals surface area contributed by atoms with E-state index in [0.29, 0.717) is 6.54 Å². The van der Waals surface area contributed by atoms with Crippen molar-refractivity contribution in [2.24, 2.45) is 5.41 Å². The normalized spacial score (nSPS) is 11.7. The minimum absolute atomic E-state index is 0.114. The lowest BCUT2D eigenvalue weighted by atomic mass is 9.85. The van der Waals surface area contributed by atoms with Gasteiger partial charge in [-0.25, -0.2) is 0 Å². The van der Waals surface area contributed by atoms with Gasteiger partial charge in [-0.05, 0) is 42.5 Å². The van der Waals surface area contributed by atoms with Crippen molar-refractivity contribution in [3.05, 3.63) is 59.9 Å². The van der Waals surface area contributed by atoms with Crippen molar-refractivity contribution >= 4 is 17.5 Å². The number of aromatic nitrogens is 1. The first-order valence-electron chi connectivity index (χ1n) is 8.70. The predicted molar refractivity (Wildman–Crippen MR) is 104 cm³/mol. The van der Waals surface area contributed by atoms with Crippen LogP contribution in [0.1, 0.15) is 45.7 Å². The molecule has 0 spiro atoms. The van der Waals surface area contributed by atoms with E-state index in [0.717, 1.165) is 16.8 Å². The molecule has 2 aromatic rings. The average Bonchev–Trinajstić information content (AvgIpc) is 2.60. The number of anilines is 1. The second kappa shape index (κ2) is 7.68. The molecule has 0 bridgehead atoms. The van der Waals surface area contributed by atoms with Gasteiger partial charge in [0.15, 0.2) is 0 Å². The van der Waals surface area contributed by atoms with Crippen LogP contribution in [0.2, 0.25) is 0 Å². The first-order chi connectivity index (χ1) is 12.1. The van der Waals surface area contributed by atoms with Crippen molar-refractivity contribution < 1.29 is 9.59 Å². The van der Waals surface area contributed by atoms with Crippen molar-refractivity contribution in [3.63, 3.8) is 0 Å². The van der Waals surface area contributed by atoms with E-state index in [9.17, 15) is 9.59 Å². The molecule has 0 atom stereocenters. The van der Waals surface area contributed by atoms with Crippen molar-refractivity contribution in [3.8, 4) is 0 Å². The highest BCUT2D eigenvalue weighted by atomic mass is 16.2. The highest BCUT2D eigenvalue weighted by Gasteiger charge is 2.36. The zero-order valence-electron chi connectivity index (χ0n) is 16.1. The summed E-state index contributed by atoms with van der Waals surface area (Å²) in [5.74, 6) is -0.662. The fourth-order valence-corrected chi connectivity index (χ4v) is 2.53. The largest absolute Gasteiger partial charge is 0.351 e. The van der Waals surface area contributed by atoms with E-state index >= 15 is 0 Å². The lowest BCUT2D eigenvalue weighted by molar-refractivity contribution is -0.138. The maximum atomic E-state index is 12.8. The molecule has 0 aliphatic carbocycles. The minimum atomic E-state index is -1.20. The molecule has 0 radical (unpaired) electrons. The minimum Gasteiger partial charge on any atom is -0.351 e. The summed E-state index contributed by atoms with van der Waals surface area (Å²) in [4.78, 5) is 29.4. The van der Waals surface area contributed by atoms with Crippen LogP contribution in [0, 0.1) is 5.41 Å². The molecular weight excluding hydrogens is 326 g/mol. The number of para-hydroxylation sites is 1. The molecule has 2 rings (SSSR count). The molecule has 5 heteroatoms. The van der Waals surface area contributed by atoms with E-state index in [1.807, 2.05) is 36.4 Å². The van der Waals surface area contributed by atoms with Crippen LogP contribution in [0.3, 0.4) is 0 Å². The molecule has 2 amide bonds. The van der Waals surface area contributed by atoms with E-state index in [2.05, 4.69) is 36.4 Å². The van der Waals surface area contributed by atoms with Gasteiger partial charge in [-0.1, -0.05) is 45.0 Å². The number of carbonyl (C=O) groups excluding carboxylic acids is 2. The Kier molecular flexibility index (Phi) is 5.80. The summed E-state index contributed by atoms with van der Waals surface area (Å²) in [5, 5.41) is 5.74. The summed E-state index contributed by atoms with van der Waals surface area (Å²) in [6.45, 7) is 9.85. The third kappa shape index (κ3) is 4.69. The van der Waals surface area contributed by atoms with Crippen molar-refractivity contribution in [2.45, 2.75) is 46.6 Å². The zero-order valence-corrected chi connectivity index (χ0v) is 16.1. The van der Waals surface area contributed by atoms with Crippen LogP contribution in [-0.4, -0.2) is 16.8 Å². The van der Waals surface area contributed by atoms with Gasteiger partial charge >= 0.3 is 0 Å². The van der Waals surface area contributed by atoms with Crippen molar-refractivity contribution in [1.29, 1.82) is 0 Å². The second-order valence-corrected chi connectivity index (χ2v) is 7.92. The summed E-state index contributed by atoms with van der Waals surface area (Å²) in [5.41, 5.74) is 1.33. The zero-order chi connectivity index (χ0) is 19.4. The molecule has 0 saturated heterocycles. The van der Waals surface area contributed by atoms with Crippen LogP contribution >= 0.6 is 0 Å². The Morgan fingerprint density at radius 3 is 2.27 bits per heavy atom. The van der Waals surface area contributed by atoms with Gasteiger partial charge in [0.2, 0.25) is 11.8 Å². The number of benzene rings is 1. The number of hydrogen-bond donors (Lipinski definition) is 2. The van der Waals surface area contributed by atoms with Crippen LogP contribution < -0.4 is 10.6 Å². The maximum Gasteiger partial charge on any atom is 0.239 e. The second-order valence-electron chi connectivity index (χ2n) is 7.92. The Labute approximate surface area is 155 Å². The molecule has 1 heterocycles. The van der Waals surface area contributed by atoms with E-state index < -0.39 is 5.41 Å². The standard InChI is InChI=1S/C21H27N3O2/c1-20(2,3)16-10-6-7-11-17(16)24-19(26)21(4,5)18(25)23-14-15-9-8-12-22-13-15/h6-13H,14H2,1-5H3,(H,23,25)(H,24,26). The van der Waals surface area contributed by atoms with Crippen LogP contribution in [0.15, 0.2) is 48.8 Å². The van der Waals surface area contributed by atoms with Gasteiger partial charge in [0, 0.05) is 24.6 Å².